The lowest BCUT2D eigenvalue weighted by Crippen LogP contribution is -2.43. The number of aromatic nitrogens is 1. The van der Waals surface area contributed by atoms with Crippen LogP contribution in [0.25, 0.3) is 0 Å². The maximum atomic E-state index is 13.3. The first-order valence-corrected chi connectivity index (χ1v) is 10.0. The molecule has 1 aromatic carbocycles. The van der Waals surface area contributed by atoms with Crippen LogP contribution in [0.15, 0.2) is 36.5 Å². The zero-order valence-electron chi connectivity index (χ0n) is 17.9. The molecule has 0 saturated carbocycles. The number of amides is 4. The highest BCUT2D eigenvalue weighted by molar-refractivity contribution is 6.23. The fourth-order valence-corrected chi connectivity index (χ4v) is 3.93. The van der Waals surface area contributed by atoms with E-state index in [4.69, 9.17) is 0 Å². The Morgan fingerprint density at radius 3 is 2.37 bits per heavy atom. The SMILES string of the molecule is CC(C)(C)c1ccc(N2C(=O)N(Cc3ccnc4c3CC(=O)N4)C(C)(C)C2=O)cc1. The quantitative estimate of drug-likeness (QED) is 0.789. The third-order valence-corrected chi connectivity index (χ3v) is 5.89. The maximum absolute atomic E-state index is 13.3. The van der Waals surface area contributed by atoms with Crippen molar-refractivity contribution in [1.29, 1.82) is 0 Å². The number of hydrogen-bond donors (Lipinski definition) is 1. The number of nitrogens with one attached hydrogen (secondary N) is 1. The molecular formula is C23H26N4O3. The van der Waals surface area contributed by atoms with E-state index in [2.05, 4.69) is 31.1 Å². The summed E-state index contributed by atoms with van der Waals surface area (Å²) in [7, 11) is 0. The van der Waals surface area contributed by atoms with E-state index in [1.165, 1.54) is 4.90 Å². The Morgan fingerprint density at radius 1 is 1.07 bits per heavy atom. The summed E-state index contributed by atoms with van der Waals surface area (Å²) in [5.41, 5.74) is 2.27. The summed E-state index contributed by atoms with van der Waals surface area (Å²) in [4.78, 5) is 45.3. The number of carbonyl (C=O) groups excluding carboxylic acids is 3. The van der Waals surface area contributed by atoms with E-state index in [1.807, 2.05) is 24.3 Å². The van der Waals surface area contributed by atoms with E-state index in [1.54, 1.807) is 31.0 Å². The highest BCUT2D eigenvalue weighted by atomic mass is 16.2. The predicted molar refractivity (Wildman–Crippen MR) is 114 cm³/mol. The highest BCUT2D eigenvalue weighted by Gasteiger charge is 2.52. The average Bonchev–Trinajstić information content (AvgIpc) is 3.12. The lowest BCUT2D eigenvalue weighted by atomic mass is 9.87. The summed E-state index contributed by atoms with van der Waals surface area (Å²) in [6.45, 7) is 10.1. The Morgan fingerprint density at radius 2 is 1.73 bits per heavy atom. The number of benzene rings is 1. The predicted octanol–water partition coefficient (Wildman–Crippen LogP) is 3.62. The van der Waals surface area contributed by atoms with Gasteiger partial charge in [-0.25, -0.2) is 14.7 Å². The molecule has 1 aromatic heterocycles. The van der Waals surface area contributed by atoms with Crippen molar-refractivity contribution < 1.29 is 14.4 Å². The number of hydrogen-bond acceptors (Lipinski definition) is 4. The Balaban J connectivity index is 1.65. The molecule has 1 fully saturated rings. The third-order valence-electron chi connectivity index (χ3n) is 5.89. The molecule has 1 N–H and O–H groups in total. The Bertz CT molecular complexity index is 1050. The second-order valence-corrected chi connectivity index (χ2v) is 9.39. The summed E-state index contributed by atoms with van der Waals surface area (Å²) in [6, 6.07) is 8.99. The van der Waals surface area contributed by atoms with Gasteiger partial charge >= 0.3 is 6.03 Å². The van der Waals surface area contributed by atoms with Gasteiger partial charge in [0.25, 0.3) is 5.91 Å². The first-order valence-electron chi connectivity index (χ1n) is 10.0. The van der Waals surface area contributed by atoms with Crippen molar-refractivity contribution in [2.45, 2.75) is 58.5 Å². The molecule has 7 heteroatoms. The molecule has 0 radical (unpaired) electrons. The van der Waals surface area contributed by atoms with Crippen molar-refractivity contribution in [2.75, 3.05) is 10.2 Å². The number of pyridine rings is 1. The van der Waals surface area contributed by atoms with Crippen LogP contribution in [0.1, 0.15) is 51.3 Å². The van der Waals surface area contributed by atoms with Gasteiger partial charge in [-0.2, -0.15) is 0 Å². The lowest BCUT2D eigenvalue weighted by molar-refractivity contribution is -0.123. The van der Waals surface area contributed by atoms with Crippen molar-refractivity contribution in [3.63, 3.8) is 0 Å². The van der Waals surface area contributed by atoms with E-state index in [0.29, 0.717) is 11.5 Å². The van der Waals surface area contributed by atoms with Crippen LogP contribution >= 0.6 is 0 Å². The van der Waals surface area contributed by atoms with Gasteiger partial charge in [0.2, 0.25) is 5.91 Å². The van der Waals surface area contributed by atoms with Crippen molar-refractivity contribution in [3.05, 3.63) is 53.2 Å². The van der Waals surface area contributed by atoms with Crippen molar-refractivity contribution >= 4 is 29.4 Å². The van der Waals surface area contributed by atoms with Crippen molar-refractivity contribution in [1.82, 2.24) is 9.88 Å². The molecule has 2 aliphatic rings. The van der Waals surface area contributed by atoms with E-state index in [9.17, 15) is 14.4 Å². The van der Waals surface area contributed by atoms with Gasteiger partial charge in [0.05, 0.1) is 12.1 Å². The molecule has 0 bridgehead atoms. The Kier molecular flexibility index (Phi) is 4.45. The lowest BCUT2D eigenvalue weighted by Gasteiger charge is -2.28. The summed E-state index contributed by atoms with van der Waals surface area (Å²) >= 11 is 0. The van der Waals surface area contributed by atoms with Crippen molar-refractivity contribution in [2.24, 2.45) is 0 Å². The molecule has 0 unspecified atom stereocenters. The molecular weight excluding hydrogens is 380 g/mol. The molecule has 0 spiro atoms. The van der Waals surface area contributed by atoms with Gasteiger partial charge in [0.15, 0.2) is 0 Å². The molecule has 4 rings (SSSR count). The number of imide groups is 1. The number of fused-ring (bicyclic) bond motifs is 1. The Hall–Kier alpha value is -3.22. The molecule has 0 aliphatic carbocycles. The van der Waals surface area contributed by atoms with E-state index in [-0.39, 0.29) is 36.2 Å². The second-order valence-electron chi connectivity index (χ2n) is 9.39. The molecule has 0 atom stereocenters. The topological polar surface area (TPSA) is 82.6 Å². The van der Waals surface area contributed by atoms with Gasteiger partial charge in [0.1, 0.15) is 11.4 Å². The first kappa shape index (κ1) is 20.1. The van der Waals surface area contributed by atoms with Crippen LogP contribution in [0, 0.1) is 0 Å². The number of carbonyl (C=O) groups is 3. The third kappa shape index (κ3) is 3.14. The molecule has 30 heavy (non-hydrogen) atoms. The minimum Gasteiger partial charge on any atom is -0.310 e. The first-order chi connectivity index (χ1) is 14.0. The maximum Gasteiger partial charge on any atom is 0.332 e. The molecule has 7 nitrogen and oxygen atoms in total. The minimum atomic E-state index is -1.01. The number of anilines is 2. The monoisotopic (exact) mass is 406 g/mol. The minimum absolute atomic E-state index is 0.0178. The zero-order valence-corrected chi connectivity index (χ0v) is 17.9. The normalized spacial score (nSPS) is 18.1. The van der Waals surface area contributed by atoms with Crippen LogP contribution in [0.5, 0.6) is 0 Å². The summed E-state index contributed by atoms with van der Waals surface area (Å²) in [5.74, 6) is 0.146. The van der Waals surface area contributed by atoms with Gasteiger partial charge in [-0.1, -0.05) is 32.9 Å². The van der Waals surface area contributed by atoms with Gasteiger partial charge < -0.3 is 10.2 Å². The number of rotatable bonds is 3. The van der Waals surface area contributed by atoms with E-state index >= 15 is 0 Å². The summed E-state index contributed by atoms with van der Waals surface area (Å²) in [6.07, 6.45) is 1.84. The van der Waals surface area contributed by atoms with Crippen LogP contribution in [-0.2, 0) is 28.0 Å². The van der Waals surface area contributed by atoms with Gasteiger partial charge in [-0.15, -0.1) is 0 Å². The highest BCUT2D eigenvalue weighted by Crippen LogP contribution is 2.35. The van der Waals surface area contributed by atoms with Crippen LogP contribution < -0.4 is 10.2 Å². The summed E-state index contributed by atoms with van der Waals surface area (Å²) in [5, 5.41) is 2.72. The molecule has 156 valence electrons. The Labute approximate surface area is 176 Å². The van der Waals surface area contributed by atoms with Crippen LogP contribution in [0.3, 0.4) is 0 Å². The number of urea groups is 1. The molecule has 1 saturated heterocycles. The zero-order chi connectivity index (χ0) is 21.8. The van der Waals surface area contributed by atoms with E-state index in [0.717, 1.165) is 16.7 Å². The van der Waals surface area contributed by atoms with Crippen molar-refractivity contribution in [3.8, 4) is 0 Å². The van der Waals surface area contributed by atoms with Crippen LogP contribution in [-0.4, -0.2) is 33.3 Å². The number of nitrogens with zero attached hydrogens (tertiary/aromatic N) is 3. The largest absolute Gasteiger partial charge is 0.332 e. The van der Waals surface area contributed by atoms with Crippen LogP contribution in [0.4, 0.5) is 16.3 Å². The standard InChI is InChI=1S/C23H26N4O3/c1-22(2,3)15-6-8-16(9-7-15)27-20(29)23(4,5)26(21(27)30)13-14-10-11-24-19-17(14)12-18(28)25-19/h6-11H,12-13H2,1-5H3,(H,24,25,28). The molecule has 2 aromatic rings. The molecule has 2 aliphatic heterocycles. The fraction of sp³-hybridized carbons (Fsp3) is 0.391. The average molecular weight is 406 g/mol. The van der Waals surface area contributed by atoms with Crippen LogP contribution in [0.2, 0.25) is 0 Å². The van der Waals surface area contributed by atoms with Gasteiger partial charge in [-0.05, 0) is 48.6 Å². The van der Waals surface area contributed by atoms with Gasteiger partial charge in [0, 0.05) is 18.3 Å². The second kappa shape index (κ2) is 6.65. The smallest absolute Gasteiger partial charge is 0.310 e. The van der Waals surface area contributed by atoms with Gasteiger partial charge in [-0.3, -0.25) is 9.59 Å². The molecule has 3 heterocycles. The summed E-state index contributed by atoms with van der Waals surface area (Å²) < 4.78 is 0. The van der Waals surface area contributed by atoms with E-state index < -0.39 is 5.54 Å². The molecule has 4 amide bonds. The fourth-order valence-electron chi connectivity index (χ4n) is 3.93.